The van der Waals surface area contributed by atoms with Gasteiger partial charge in [0.15, 0.2) is 0 Å². The van der Waals surface area contributed by atoms with Crippen molar-refractivity contribution in [3.63, 3.8) is 0 Å². The highest BCUT2D eigenvalue weighted by molar-refractivity contribution is 5.78. The number of hydrogen-bond acceptors (Lipinski definition) is 3. The Kier molecular flexibility index (Phi) is 2.62. The van der Waals surface area contributed by atoms with Gasteiger partial charge in [0.1, 0.15) is 0 Å². The smallest absolute Gasteiger partial charge is 0.226 e. The van der Waals surface area contributed by atoms with Gasteiger partial charge in [-0.05, 0) is 23.6 Å². The quantitative estimate of drug-likeness (QED) is 0.673. The van der Waals surface area contributed by atoms with E-state index in [1.165, 1.54) is 11.1 Å². The van der Waals surface area contributed by atoms with E-state index in [-0.39, 0.29) is 0 Å². The molecule has 2 aromatic carbocycles. The second-order valence-corrected chi connectivity index (χ2v) is 5.17. The maximum absolute atomic E-state index is 4.69. The third kappa shape index (κ3) is 1.92. The molecule has 0 atom stereocenters. The van der Waals surface area contributed by atoms with Crippen LogP contribution in [0.2, 0.25) is 0 Å². The van der Waals surface area contributed by atoms with Crippen LogP contribution in [0.4, 0.5) is 5.95 Å². The summed E-state index contributed by atoms with van der Waals surface area (Å²) >= 11 is 0. The van der Waals surface area contributed by atoms with Crippen LogP contribution in [0.5, 0.6) is 0 Å². The number of benzene rings is 2. The molecule has 0 saturated heterocycles. The van der Waals surface area contributed by atoms with Gasteiger partial charge < -0.3 is 4.90 Å². The lowest BCUT2D eigenvalue weighted by atomic mass is 10.0. The maximum Gasteiger partial charge on any atom is 0.226 e. The van der Waals surface area contributed by atoms with Crippen molar-refractivity contribution in [1.29, 1.82) is 0 Å². The van der Waals surface area contributed by atoms with E-state index in [1.807, 2.05) is 30.5 Å². The van der Waals surface area contributed by atoms with Crippen LogP contribution in [0.3, 0.4) is 0 Å². The molecule has 0 bridgehead atoms. The van der Waals surface area contributed by atoms with E-state index in [0.717, 1.165) is 36.4 Å². The molecule has 3 heteroatoms. The minimum Gasteiger partial charge on any atom is -0.336 e. The fourth-order valence-corrected chi connectivity index (χ4v) is 2.78. The molecule has 0 aliphatic carbocycles. The SMILES string of the molecule is c1ccc2c(c1)CCN(c1ncc3ccccc3n1)C2. The average molecular weight is 261 g/mol. The van der Waals surface area contributed by atoms with E-state index in [9.17, 15) is 0 Å². The predicted molar refractivity (Wildman–Crippen MR) is 80.7 cm³/mol. The normalized spacial score (nSPS) is 14.3. The highest BCUT2D eigenvalue weighted by Crippen LogP contribution is 2.23. The predicted octanol–water partition coefficient (Wildman–Crippen LogP) is 3.19. The molecule has 0 unspecified atom stereocenters. The maximum atomic E-state index is 4.69. The molecule has 0 fully saturated rings. The monoisotopic (exact) mass is 261 g/mol. The molecule has 1 aliphatic heterocycles. The zero-order valence-electron chi connectivity index (χ0n) is 11.2. The summed E-state index contributed by atoms with van der Waals surface area (Å²) in [6.07, 6.45) is 2.98. The van der Waals surface area contributed by atoms with E-state index < -0.39 is 0 Å². The molecule has 0 spiro atoms. The standard InChI is InChI=1S/C17H15N3/c1-2-7-15-12-20(10-9-13(15)5-1)17-18-11-14-6-3-4-8-16(14)19-17/h1-8,11H,9-10,12H2. The van der Waals surface area contributed by atoms with Crippen molar-refractivity contribution >= 4 is 16.9 Å². The Morgan fingerprint density at radius 2 is 1.70 bits per heavy atom. The first kappa shape index (κ1) is 11.4. The van der Waals surface area contributed by atoms with Crippen molar-refractivity contribution in [2.24, 2.45) is 0 Å². The lowest BCUT2D eigenvalue weighted by Gasteiger charge is -2.28. The van der Waals surface area contributed by atoms with Crippen molar-refractivity contribution in [2.45, 2.75) is 13.0 Å². The Morgan fingerprint density at radius 1 is 0.900 bits per heavy atom. The Hall–Kier alpha value is -2.42. The Bertz CT molecular complexity index is 767. The van der Waals surface area contributed by atoms with Crippen LogP contribution < -0.4 is 4.90 Å². The van der Waals surface area contributed by atoms with E-state index in [4.69, 9.17) is 0 Å². The van der Waals surface area contributed by atoms with Gasteiger partial charge in [-0.2, -0.15) is 0 Å². The lowest BCUT2D eigenvalue weighted by molar-refractivity contribution is 0.710. The molecule has 0 saturated carbocycles. The molecule has 3 aromatic rings. The van der Waals surface area contributed by atoms with Crippen LogP contribution in [-0.2, 0) is 13.0 Å². The first-order valence-electron chi connectivity index (χ1n) is 6.94. The lowest BCUT2D eigenvalue weighted by Crippen LogP contribution is -2.31. The molecule has 0 radical (unpaired) electrons. The van der Waals surface area contributed by atoms with Crippen molar-refractivity contribution in [2.75, 3.05) is 11.4 Å². The number of para-hydroxylation sites is 1. The molecular weight excluding hydrogens is 246 g/mol. The summed E-state index contributed by atoms with van der Waals surface area (Å²) in [5.41, 5.74) is 3.84. The highest BCUT2D eigenvalue weighted by atomic mass is 15.2. The van der Waals surface area contributed by atoms with Gasteiger partial charge in [-0.25, -0.2) is 9.97 Å². The van der Waals surface area contributed by atoms with E-state index in [1.54, 1.807) is 0 Å². The molecule has 1 aliphatic rings. The van der Waals surface area contributed by atoms with Gasteiger partial charge in [-0.3, -0.25) is 0 Å². The van der Waals surface area contributed by atoms with Crippen molar-refractivity contribution in [1.82, 2.24) is 9.97 Å². The molecule has 4 rings (SSSR count). The minimum atomic E-state index is 0.832. The van der Waals surface area contributed by atoms with Gasteiger partial charge in [0.05, 0.1) is 5.52 Å². The molecule has 0 amide bonds. The summed E-state index contributed by atoms with van der Waals surface area (Å²) in [6, 6.07) is 16.7. The molecule has 98 valence electrons. The fourth-order valence-electron chi connectivity index (χ4n) is 2.78. The van der Waals surface area contributed by atoms with E-state index in [0.29, 0.717) is 0 Å². The summed E-state index contributed by atoms with van der Waals surface area (Å²) in [5.74, 6) is 0.832. The van der Waals surface area contributed by atoms with Crippen molar-refractivity contribution in [3.8, 4) is 0 Å². The number of rotatable bonds is 1. The molecule has 20 heavy (non-hydrogen) atoms. The minimum absolute atomic E-state index is 0.832. The topological polar surface area (TPSA) is 29.0 Å². The first-order valence-corrected chi connectivity index (χ1v) is 6.94. The molecule has 2 heterocycles. The van der Waals surface area contributed by atoms with Crippen molar-refractivity contribution < 1.29 is 0 Å². The zero-order valence-corrected chi connectivity index (χ0v) is 11.2. The second kappa shape index (κ2) is 4.60. The number of fused-ring (bicyclic) bond motifs is 2. The van der Waals surface area contributed by atoms with Gasteiger partial charge in [0.2, 0.25) is 5.95 Å². The number of anilines is 1. The number of aromatic nitrogens is 2. The van der Waals surface area contributed by atoms with Gasteiger partial charge in [-0.15, -0.1) is 0 Å². The molecule has 1 aromatic heterocycles. The van der Waals surface area contributed by atoms with Crippen molar-refractivity contribution in [3.05, 3.63) is 65.9 Å². The Balaban J connectivity index is 1.70. The van der Waals surface area contributed by atoms with Gasteiger partial charge in [0.25, 0.3) is 0 Å². The van der Waals surface area contributed by atoms with Gasteiger partial charge in [-0.1, -0.05) is 42.5 Å². The van der Waals surface area contributed by atoms with Crippen LogP contribution in [0, 0.1) is 0 Å². The molecular formula is C17H15N3. The van der Waals surface area contributed by atoms with E-state index in [2.05, 4.69) is 39.1 Å². The summed E-state index contributed by atoms with van der Waals surface area (Å²) in [4.78, 5) is 11.5. The van der Waals surface area contributed by atoms with Crippen LogP contribution in [-0.4, -0.2) is 16.5 Å². The first-order chi connectivity index (χ1) is 9.90. The Morgan fingerprint density at radius 3 is 2.65 bits per heavy atom. The van der Waals surface area contributed by atoms with Crippen LogP contribution in [0.15, 0.2) is 54.7 Å². The third-order valence-corrected chi connectivity index (χ3v) is 3.89. The van der Waals surface area contributed by atoms with Gasteiger partial charge in [0, 0.05) is 24.7 Å². The highest BCUT2D eigenvalue weighted by Gasteiger charge is 2.17. The average Bonchev–Trinajstić information content (AvgIpc) is 2.54. The fraction of sp³-hybridized carbons (Fsp3) is 0.176. The third-order valence-electron chi connectivity index (χ3n) is 3.89. The Labute approximate surface area is 117 Å². The summed E-state index contributed by atoms with van der Waals surface area (Å²) in [6.45, 7) is 1.88. The van der Waals surface area contributed by atoms with Crippen LogP contribution in [0.25, 0.3) is 10.9 Å². The summed E-state index contributed by atoms with van der Waals surface area (Å²) in [7, 11) is 0. The zero-order chi connectivity index (χ0) is 13.4. The largest absolute Gasteiger partial charge is 0.336 e. The molecule has 0 N–H and O–H groups in total. The number of nitrogens with zero attached hydrogens (tertiary/aromatic N) is 3. The summed E-state index contributed by atoms with van der Waals surface area (Å²) in [5, 5.41) is 1.09. The van der Waals surface area contributed by atoms with Crippen LogP contribution in [0.1, 0.15) is 11.1 Å². The summed E-state index contributed by atoms with van der Waals surface area (Å²) < 4.78 is 0. The van der Waals surface area contributed by atoms with Gasteiger partial charge >= 0.3 is 0 Å². The number of hydrogen-bond donors (Lipinski definition) is 0. The second-order valence-electron chi connectivity index (χ2n) is 5.17. The molecule has 3 nitrogen and oxygen atoms in total. The van der Waals surface area contributed by atoms with Crippen LogP contribution >= 0.6 is 0 Å². The van der Waals surface area contributed by atoms with E-state index >= 15 is 0 Å².